The number of fused-ring (bicyclic) bond motifs is 1. The number of furan rings is 1. The second-order valence-electron chi connectivity index (χ2n) is 5.73. The molecule has 1 unspecified atom stereocenters. The highest BCUT2D eigenvalue weighted by Gasteiger charge is 2.20. The summed E-state index contributed by atoms with van der Waals surface area (Å²) in [7, 11) is 0. The van der Waals surface area contributed by atoms with E-state index >= 15 is 0 Å². The van der Waals surface area contributed by atoms with E-state index in [2.05, 4.69) is 20.4 Å². The van der Waals surface area contributed by atoms with Crippen molar-refractivity contribution in [3.63, 3.8) is 0 Å². The summed E-state index contributed by atoms with van der Waals surface area (Å²) in [6, 6.07) is 3.90. The van der Waals surface area contributed by atoms with Crippen LogP contribution < -0.4 is 5.32 Å². The number of rotatable bonds is 7. The molecule has 3 aromatic heterocycles. The van der Waals surface area contributed by atoms with Crippen molar-refractivity contribution in [2.24, 2.45) is 0 Å². The van der Waals surface area contributed by atoms with Gasteiger partial charge in [0.15, 0.2) is 0 Å². The SMILES string of the molecule is CCOC(=O)c1nc(NC(C)CCc2ccco2)c2c(C)noc2n1. The zero-order chi connectivity index (χ0) is 17.8. The van der Waals surface area contributed by atoms with Crippen molar-refractivity contribution in [2.45, 2.75) is 39.7 Å². The molecule has 8 nitrogen and oxygen atoms in total. The highest BCUT2D eigenvalue weighted by molar-refractivity contribution is 5.93. The highest BCUT2D eigenvalue weighted by Crippen LogP contribution is 2.25. The van der Waals surface area contributed by atoms with E-state index in [9.17, 15) is 4.79 Å². The molecule has 0 aliphatic rings. The predicted molar refractivity (Wildman–Crippen MR) is 90.4 cm³/mol. The van der Waals surface area contributed by atoms with E-state index in [1.165, 1.54) is 0 Å². The summed E-state index contributed by atoms with van der Waals surface area (Å²) in [6.45, 7) is 5.81. The summed E-state index contributed by atoms with van der Waals surface area (Å²) in [5, 5.41) is 7.89. The summed E-state index contributed by atoms with van der Waals surface area (Å²) >= 11 is 0. The molecule has 0 amide bonds. The molecule has 0 radical (unpaired) electrons. The van der Waals surface area contributed by atoms with Crippen LogP contribution in [0, 0.1) is 6.92 Å². The van der Waals surface area contributed by atoms with Crippen molar-refractivity contribution in [1.29, 1.82) is 0 Å². The fraction of sp³-hybridized carbons (Fsp3) is 0.412. The number of carbonyl (C=O) groups excluding carboxylic acids is 1. The highest BCUT2D eigenvalue weighted by atomic mass is 16.5. The molecule has 0 saturated carbocycles. The number of aryl methyl sites for hydroxylation is 2. The van der Waals surface area contributed by atoms with Crippen LogP contribution in [0.25, 0.3) is 11.1 Å². The molecule has 0 aromatic carbocycles. The van der Waals surface area contributed by atoms with Gasteiger partial charge in [0, 0.05) is 12.5 Å². The van der Waals surface area contributed by atoms with Crippen molar-refractivity contribution < 1.29 is 18.5 Å². The molecular weight excluding hydrogens is 324 g/mol. The van der Waals surface area contributed by atoms with Crippen molar-refractivity contribution in [2.75, 3.05) is 11.9 Å². The minimum absolute atomic E-state index is 0.0498. The Morgan fingerprint density at radius 1 is 1.40 bits per heavy atom. The van der Waals surface area contributed by atoms with E-state index in [1.54, 1.807) is 20.1 Å². The second-order valence-corrected chi connectivity index (χ2v) is 5.73. The van der Waals surface area contributed by atoms with E-state index in [1.807, 2.05) is 19.1 Å². The third-order valence-corrected chi connectivity index (χ3v) is 3.75. The molecule has 0 aliphatic heterocycles. The number of carbonyl (C=O) groups is 1. The largest absolute Gasteiger partial charge is 0.469 e. The molecule has 25 heavy (non-hydrogen) atoms. The van der Waals surface area contributed by atoms with Gasteiger partial charge in [-0.3, -0.25) is 0 Å². The number of hydrogen-bond donors (Lipinski definition) is 1. The molecule has 0 spiro atoms. The summed E-state index contributed by atoms with van der Waals surface area (Å²) in [5.41, 5.74) is 0.919. The van der Waals surface area contributed by atoms with Gasteiger partial charge in [-0.1, -0.05) is 5.16 Å². The molecular formula is C17H20N4O4. The number of hydrogen-bond acceptors (Lipinski definition) is 8. The van der Waals surface area contributed by atoms with E-state index < -0.39 is 5.97 Å². The predicted octanol–water partition coefficient (Wildman–Crippen LogP) is 3.13. The molecule has 3 rings (SSSR count). The third kappa shape index (κ3) is 3.78. The van der Waals surface area contributed by atoms with E-state index in [4.69, 9.17) is 13.7 Å². The van der Waals surface area contributed by atoms with Crippen LogP contribution in [-0.2, 0) is 11.2 Å². The monoisotopic (exact) mass is 344 g/mol. The lowest BCUT2D eigenvalue weighted by Crippen LogP contribution is -2.19. The number of anilines is 1. The zero-order valence-corrected chi connectivity index (χ0v) is 14.4. The van der Waals surface area contributed by atoms with Crippen molar-refractivity contribution in [1.82, 2.24) is 15.1 Å². The Bertz CT molecular complexity index is 857. The number of esters is 1. The first-order valence-electron chi connectivity index (χ1n) is 8.18. The van der Waals surface area contributed by atoms with Gasteiger partial charge in [0.2, 0.25) is 5.82 Å². The van der Waals surface area contributed by atoms with Crippen LogP contribution in [0.15, 0.2) is 27.3 Å². The molecule has 1 N–H and O–H groups in total. The summed E-state index contributed by atoms with van der Waals surface area (Å²) < 4.78 is 15.5. The van der Waals surface area contributed by atoms with Gasteiger partial charge in [-0.25, -0.2) is 9.78 Å². The van der Waals surface area contributed by atoms with E-state index in [0.29, 0.717) is 16.9 Å². The molecule has 132 valence electrons. The average Bonchev–Trinajstić information content (AvgIpc) is 3.23. The first-order chi connectivity index (χ1) is 12.1. The normalized spacial score (nSPS) is 12.3. The maximum Gasteiger partial charge on any atom is 0.376 e. The zero-order valence-electron chi connectivity index (χ0n) is 14.4. The number of nitrogens with one attached hydrogen (secondary N) is 1. The van der Waals surface area contributed by atoms with Crippen LogP contribution in [0.3, 0.4) is 0 Å². The van der Waals surface area contributed by atoms with Crippen molar-refractivity contribution >= 4 is 22.9 Å². The minimum atomic E-state index is -0.593. The molecule has 3 aromatic rings. The van der Waals surface area contributed by atoms with Crippen molar-refractivity contribution in [3.8, 4) is 0 Å². The lowest BCUT2D eigenvalue weighted by Gasteiger charge is -2.15. The van der Waals surface area contributed by atoms with Gasteiger partial charge in [-0.15, -0.1) is 0 Å². The Labute approximate surface area is 144 Å². The van der Waals surface area contributed by atoms with Crippen molar-refractivity contribution in [3.05, 3.63) is 35.7 Å². The Hall–Kier alpha value is -2.90. The quantitative estimate of drug-likeness (QED) is 0.652. The topological polar surface area (TPSA) is 103 Å². The van der Waals surface area contributed by atoms with Gasteiger partial charge in [0.25, 0.3) is 5.71 Å². The van der Waals surface area contributed by atoms with Crippen LogP contribution in [-0.4, -0.2) is 33.7 Å². The summed E-state index contributed by atoms with van der Waals surface area (Å²) in [6.07, 6.45) is 3.29. The molecule has 3 heterocycles. The Balaban J connectivity index is 1.82. The summed E-state index contributed by atoms with van der Waals surface area (Å²) in [4.78, 5) is 20.4. The first kappa shape index (κ1) is 16.9. The Morgan fingerprint density at radius 3 is 2.96 bits per heavy atom. The summed E-state index contributed by atoms with van der Waals surface area (Å²) in [5.74, 6) is 0.796. The van der Waals surface area contributed by atoms with Gasteiger partial charge in [-0.05, 0) is 39.3 Å². The Morgan fingerprint density at radius 2 is 2.24 bits per heavy atom. The lowest BCUT2D eigenvalue weighted by atomic mass is 10.1. The van der Waals surface area contributed by atoms with Crippen LogP contribution in [0.2, 0.25) is 0 Å². The smallest absolute Gasteiger partial charge is 0.376 e. The fourth-order valence-corrected chi connectivity index (χ4v) is 2.50. The molecule has 8 heteroatoms. The van der Waals surface area contributed by atoms with Crippen LogP contribution >= 0.6 is 0 Å². The molecule has 0 aliphatic carbocycles. The number of nitrogens with zero attached hydrogens (tertiary/aromatic N) is 3. The van der Waals surface area contributed by atoms with Gasteiger partial charge >= 0.3 is 5.97 Å². The maximum atomic E-state index is 12.0. The molecule has 0 fully saturated rings. The number of ether oxygens (including phenoxy) is 1. The second kappa shape index (κ2) is 7.33. The molecule has 0 saturated heterocycles. The molecule has 1 atom stereocenters. The number of aromatic nitrogens is 3. The van der Waals surface area contributed by atoms with E-state index in [0.717, 1.165) is 18.6 Å². The Kier molecular flexibility index (Phi) is 4.97. The van der Waals surface area contributed by atoms with E-state index in [-0.39, 0.29) is 24.2 Å². The van der Waals surface area contributed by atoms with Gasteiger partial charge in [-0.2, -0.15) is 4.98 Å². The molecule has 0 bridgehead atoms. The van der Waals surface area contributed by atoms with Crippen LogP contribution in [0.1, 0.15) is 42.3 Å². The third-order valence-electron chi connectivity index (χ3n) is 3.75. The van der Waals surface area contributed by atoms with Gasteiger partial charge in [0.05, 0.1) is 18.6 Å². The average molecular weight is 344 g/mol. The lowest BCUT2D eigenvalue weighted by molar-refractivity contribution is 0.0512. The van der Waals surface area contributed by atoms with Gasteiger partial charge < -0.3 is 19.0 Å². The maximum absolute atomic E-state index is 12.0. The van der Waals surface area contributed by atoms with Crippen LogP contribution in [0.5, 0.6) is 0 Å². The van der Waals surface area contributed by atoms with Gasteiger partial charge in [0.1, 0.15) is 17.0 Å². The fourth-order valence-electron chi connectivity index (χ4n) is 2.50. The first-order valence-corrected chi connectivity index (χ1v) is 8.18. The van der Waals surface area contributed by atoms with Crippen LogP contribution in [0.4, 0.5) is 5.82 Å². The standard InChI is InChI=1S/C17H20N4O4/c1-4-23-17(22)15-19-14(13-11(3)21-25-16(13)20-15)18-10(2)7-8-12-6-5-9-24-12/h5-6,9-10H,4,7-8H2,1-3H3,(H,18,19,20). The minimum Gasteiger partial charge on any atom is -0.469 e.